The first kappa shape index (κ1) is 12.1. The van der Waals surface area contributed by atoms with Crippen molar-refractivity contribution in [2.75, 3.05) is 0 Å². The van der Waals surface area contributed by atoms with E-state index in [9.17, 15) is 13.2 Å². The maximum atomic E-state index is 12.2. The van der Waals surface area contributed by atoms with E-state index in [2.05, 4.69) is 27.8 Å². The molecule has 0 bridgehead atoms. The van der Waals surface area contributed by atoms with Gasteiger partial charge in [-0.3, -0.25) is 0 Å². The van der Waals surface area contributed by atoms with Gasteiger partial charge in [0.05, 0.1) is 10.4 Å². The van der Waals surface area contributed by atoms with Crippen LogP contribution in [-0.4, -0.2) is 4.83 Å². The number of alkyl halides is 4. The highest BCUT2D eigenvalue weighted by molar-refractivity contribution is 9.09. The summed E-state index contributed by atoms with van der Waals surface area (Å²) < 4.78 is 36.6. The summed E-state index contributed by atoms with van der Waals surface area (Å²) in [5.41, 5.74) is -0.0748. The lowest BCUT2D eigenvalue weighted by atomic mass is 10.1. The molecule has 0 N–H and O–H groups in total. The topological polar surface area (TPSA) is 0 Å². The lowest BCUT2D eigenvalue weighted by Crippen LogP contribution is -2.04. The first-order valence-electron chi connectivity index (χ1n) is 4.22. The highest BCUT2D eigenvalue weighted by atomic mass is 79.9. The molecule has 0 nitrogen and oxygen atoms in total. The zero-order chi connectivity index (χ0) is 11.5. The summed E-state index contributed by atoms with van der Waals surface area (Å²) in [6.45, 7) is 1.84. The van der Waals surface area contributed by atoms with Gasteiger partial charge in [-0.1, -0.05) is 27.8 Å². The van der Waals surface area contributed by atoms with Crippen LogP contribution in [0.15, 0.2) is 24.3 Å². The average molecular weight is 277 g/mol. The molecule has 4 heteroatoms. The van der Waals surface area contributed by atoms with Gasteiger partial charge in [-0.2, -0.15) is 13.2 Å². The van der Waals surface area contributed by atoms with Gasteiger partial charge in [-0.25, -0.2) is 0 Å². The molecule has 15 heavy (non-hydrogen) atoms. The van der Waals surface area contributed by atoms with Crippen molar-refractivity contribution in [2.45, 2.75) is 17.9 Å². The number of hydrogen-bond donors (Lipinski definition) is 0. The molecular formula is C11H8BrF3. The van der Waals surface area contributed by atoms with Crippen molar-refractivity contribution in [3.05, 3.63) is 35.4 Å². The fourth-order valence-corrected chi connectivity index (χ4v) is 1.04. The van der Waals surface area contributed by atoms with Crippen LogP contribution in [-0.2, 0) is 6.18 Å². The molecule has 80 valence electrons. The van der Waals surface area contributed by atoms with Gasteiger partial charge in [-0.15, -0.1) is 0 Å². The van der Waals surface area contributed by atoms with Gasteiger partial charge in [-0.05, 0) is 31.2 Å². The van der Waals surface area contributed by atoms with Crippen LogP contribution in [0.3, 0.4) is 0 Å². The summed E-state index contributed by atoms with van der Waals surface area (Å²) in [6, 6.07) is 4.79. The van der Waals surface area contributed by atoms with Gasteiger partial charge in [0.1, 0.15) is 0 Å². The van der Waals surface area contributed by atoms with Crippen molar-refractivity contribution in [3.63, 3.8) is 0 Å². The maximum absolute atomic E-state index is 12.2. The van der Waals surface area contributed by atoms with E-state index < -0.39 is 11.7 Å². The summed E-state index contributed by atoms with van der Waals surface area (Å²) in [4.78, 5) is 0.0276. The minimum absolute atomic E-state index is 0.0276. The molecule has 0 fully saturated rings. The molecular weight excluding hydrogens is 269 g/mol. The Balaban J connectivity index is 2.88. The van der Waals surface area contributed by atoms with Gasteiger partial charge in [0.25, 0.3) is 0 Å². The summed E-state index contributed by atoms with van der Waals surface area (Å²) in [5.74, 6) is 5.56. The van der Waals surface area contributed by atoms with E-state index in [1.54, 1.807) is 0 Å². The van der Waals surface area contributed by atoms with Gasteiger partial charge in [0.15, 0.2) is 0 Å². The standard InChI is InChI=1S/C11H8BrF3/c1-8(12)2-3-9-4-6-10(7-5-9)11(13,14)15/h4-8H,1H3. The Morgan fingerprint density at radius 1 is 1.20 bits per heavy atom. The molecule has 0 radical (unpaired) electrons. The molecule has 0 heterocycles. The minimum Gasteiger partial charge on any atom is -0.166 e. The molecule has 0 aliphatic rings. The summed E-state index contributed by atoms with van der Waals surface area (Å²) in [6.07, 6.45) is -4.28. The highest BCUT2D eigenvalue weighted by Gasteiger charge is 2.29. The SMILES string of the molecule is CC(Br)C#Cc1ccc(C(F)(F)F)cc1. The normalized spacial score (nSPS) is 12.9. The quantitative estimate of drug-likeness (QED) is 0.499. The molecule has 0 amide bonds. The van der Waals surface area contributed by atoms with E-state index in [-0.39, 0.29) is 4.83 Å². The Labute approximate surface area is 94.6 Å². The second-order valence-electron chi connectivity index (χ2n) is 2.96. The van der Waals surface area contributed by atoms with Gasteiger partial charge in [0, 0.05) is 5.56 Å². The molecule has 0 aliphatic heterocycles. The van der Waals surface area contributed by atoms with Crippen molar-refractivity contribution in [2.24, 2.45) is 0 Å². The Kier molecular flexibility index (Phi) is 3.81. The van der Waals surface area contributed by atoms with Crippen LogP contribution >= 0.6 is 15.9 Å². The second-order valence-corrected chi connectivity index (χ2v) is 4.33. The van der Waals surface area contributed by atoms with Crippen molar-refractivity contribution in [1.82, 2.24) is 0 Å². The molecule has 0 spiro atoms. The Morgan fingerprint density at radius 2 is 1.73 bits per heavy atom. The smallest absolute Gasteiger partial charge is 0.166 e. The molecule has 1 aromatic rings. The lowest BCUT2D eigenvalue weighted by Gasteiger charge is -2.05. The summed E-state index contributed by atoms with van der Waals surface area (Å²) >= 11 is 3.22. The van der Waals surface area contributed by atoms with Crippen LogP contribution in [0.5, 0.6) is 0 Å². The molecule has 1 unspecified atom stereocenters. The summed E-state index contributed by atoms with van der Waals surface area (Å²) in [5, 5.41) is 0. The van der Waals surface area contributed by atoms with Crippen molar-refractivity contribution < 1.29 is 13.2 Å². The first-order valence-corrected chi connectivity index (χ1v) is 5.14. The fraction of sp³-hybridized carbons (Fsp3) is 0.273. The summed E-state index contributed by atoms with van der Waals surface area (Å²) in [7, 11) is 0. The van der Waals surface area contributed by atoms with E-state index in [0.717, 1.165) is 12.1 Å². The highest BCUT2D eigenvalue weighted by Crippen LogP contribution is 2.28. The van der Waals surface area contributed by atoms with Crippen molar-refractivity contribution >= 4 is 15.9 Å². The molecule has 0 aromatic heterocycles. The molecule has 0 saturated heterocycles. The zero-order valence-corrected chi connectivity index (χ0v) is 9.48. The van der Waals surface area contributed by atoms with Crippen LogP contribution in [0.4, 0.5) is 13.2 Å². The largest absolute Gasteiger partial charge is 0.416 e. The van der Waals surface area contributed by atoms with Crippen LogP contribution in [0.25, 0.3) is 0 Å². The van der Waals surface area contributed by atoms with Gasteiger partial charge in [0.2, 0.25) is 0 Å². The van der Waals surface area contributed by atoms with E-state index in [4.69, 9.17) is 0 Å². The first-order chi connectivity index (χ1) is 6.89. The van der Waals surface area contributed by atoms with Crippen molar-refractivity contribution in [3.8, 4) is 11.8 Å². The van der Waals surface area contributed by atoms with Crippen molar-refractivity contribution in [1.29, 1.82) is 0 Å². The molecule has 0 saturated carbocycles. The van der Waals surface area contributed by atoms with E-state index in [1.165, 1.54) is 12.1 Å². The van der Waals surface area contributed by atoms with E-state index in [1.807, 2.05) is 6.92 Å². The number of benzene rings is 1. The van der Waals surface area contributed by atoms with Crippen LogP contribution in [0.1, 0.15) is 18.1 Å². The molecule has 1 rings (SSSR count). The average Bonchev–Trinajstić information content (AvgIpc) is 2.14. The third kappa shape index (κ3) is 3.96. The third-order valence-electron chi connectivity index (χ3n) is 1.63. The maximum Gasteiger partial charge on any atom is 0.416 e. The predicted octanol–water partition coefficient (Wildman–Crippen LogP) is 3.84. The van der Waals surface area contributed by atoms with E-state index >= 15 is 0 Å². The van der Waals surface area contributed by atoms with Crippen LogP contribution < -0.4 is 0 Å². The minimum atomic E-state index is -4.28. The van der Waals surface area contributed by atoms with Gasteiger partial charge < -0.3 is 0 Å². The van der Waals surface area contributed by atoms with Gasteiger partial charge >= 0.3 is 6.18 Å². The molecule has 1 aromatic carbocycles. The van der Waals surface area contributed by atoms with Crippen LogP contribution in [0.2, 0.25) is 0 Å². The lowest BCUT2D eigenvalue weighted by molar-refractivity contribution is -0.137. The number of halogens is 4. The van der Waals surface area contributed by atoms with Crippen LogP contribution in [0, 0.1) is 11.8 Å². The molecule has 0 aliphatic carbocycles. The Morgan fingerprint density at radius 3 is 2.13 bits per heavy atom. The second kappa shape index (κ2) is 4.71. The molecule has 1 atom stereocenters. The Bertz CT molecular complexity index is 379. The number of rotatable bonds is 0. The third-order valence-corrected chi connectivity index (χ3v) is 1.86. The van der Waals surface area contributed by atoms with E-state index in [0.29, 0.717) is 5.56 Å². The zero-order valence-electron chi connectivity index (χ0n) is 7.90. The fourth-order valence-electron chi connectivity index (χ4n) is 0.925. The number of hydrogen-bond acceptors (Lipinski definition) is 0. The monoisotopic (exact) mass is 276 g/mol. The Hall–Kier alpha value is -0.950. The predicted molar refractivity (Wildman–Crippen MR) is 56.7 cm³/mol.